The molecule has 0 saturated carbocycles. The van der Waals surface area contributed by atoms with Gasteiger partial charge in [-0.2, -0.15) is 5.26 Å². The number of aromatic nitrogens is 1. The Morgan fingerprint density at radius 3 is 2.78 bits per heavy atom. The Labute approximate surface area is 109 Å². The van der Waals surface area contributed by atoms with Crippen LogP contribution >= 0.6 is 11.8 Å². The van der Waals surface area contributed by atoms with Crippen molar-refractivity contribution in [2.45, 2.75) is 17.7 Å². The molecule has 0 atom stereocenters. The Hall–Kier alpha value is -1.86. The SMILES string of the molecule is Cc1ccc(SCc2ccc(C#N)cc2F)nc1. The van der Waals surface area contributed by atoms with Crippen LogP contribution in [0.4, 0.5) is 4.39 Å². The molecule has 2 nitrogen and oxygen atoms in total. The molecule has 0 bridgehead atoms. The van der Waals surface area contributed by atoms with E-state index in [1.165, 1.54) is 17.8 Å². The van der Waals surface area contributed by atoms with Gasteiger partial charge in [0.05, 0.1) is 16.7 Å². The average molecular weight is 258 g/mol. The summed E-state index contributed by atoms with van der Waals surface area (Å²) < 4.78 is 13.6. The number of nitriles is 1. The van der Waals surface area contributed by atoms with E-state index < -0.39 is 0 Å². The molecule has 0 aliphatic rings. The number of benzene rings is 1. The van der Waals surface area contributed by atoms with Gasteiger partial charge in [-0.05, 0) is 36.2 Å². The molecule has 0 aliphatic carbocycles. The normalized spacial score (nSPS) is 10.1. The summed E-state index contributed by atoms with van der Waals surface area (Å²) >= 11 is 1.48. The van der Waals surface area contributed by atoms with Crippen LogP contribution in [0.2, 0.25) is 0 Å². The highest BCUT2D eigenvalue weighted by atomic mass is 32.2. The van der Waals surface area contributed by atoms with E-state index >= 15 is 0 Å². The largest absolute Gasteiger partial charge is 0.250 e. The summed E-state index contributed by atoms with van der Waals surface area (Å²) in [7, 11) is 0. The summed E-state index contributed by atoms with van der Waals surface area (Å²) in [6, 6.07) is 10.3. The maximum atomic E-state index is 13.6. The monoisotopic (exact) mass is 258 g/mol. The molecule has 18 heavy (non-hydrogen) atoms. The van der Waals surface area contributed by atoms with Gasteiger partial charge in [0, 0.05) is 11.9 Å². The molecule has 90 valence electrons. The van der Waals surface area contributed by atoms with Crippen molar-refractivity contribution in [3.8, 4) is 6.07 Å². The standard InChI is InChI=1S/C14H11FN2S/c1-10-2-5-14(17-8-10)18-9-12-4-3-11(7-16)6-13(12)15/h2-6,8H,9H2,1H3. The number of aryl methyl sites for hydroxylation is 1. The fraction of sp³-hybridized carbons (Fsp3) is 0.143. The van der Waals surface area contributed by atoms with E-state index in [1.54, 1.807) is 18.3 Å². The first-order valence-electron chi connectivity index (χ1n) is 5.43. The summed E-state index contributed by atoms with van der Waals surface area (Å²) in [6.45, 7) is 1.97. The van der Waals surface area contributed by atoms with Crippen molar-refractivity contribution in [1.29, 1.82) is 5.26 Å². The lowest BCUT2D eigenvalue weighted by Crippen LogP contribution is -1.90. The van der Waals surface area contributed by atoms with Crippen molar-refractivity contribution in [1.82, 2.24) is 4.98 Å². The zero-order valence-electron chi connectivity index (χ0n) is 9.85. The molecule has 0 amide bonds. The van der Waals surface area contributed by atoms with Crippen molar-refractivity contribution < 1.29 is 4.39 Å². The first-order chi connectivity index (χ1) is 8.69. The summed E-state index contributed by atoms with van der Waals surface area (Å²) in [5.41, 5.74) is 2.03. The Morgan fingerprint density at radius 1 is 1.33 bits per heavy atom. The summed E-state index contributed by atoms with van der Waals surface area (Å²) in [5.74, 6) is 0.168. The van der Waals surface area contributed by atoms with Crippen molar-refractivity contribution in [3.05, 3.63) is 59.0 Å². The quantitative estimate of drug-likeness (QED) is 0.788. The van der Waals surface area contributed by atoms with Gasteiger partial charge in [0.25, 0.3) is 0 Å². The highest BCUT2D eigenvalue weighted by molar-refractivity contribution is 7.98. The van der Waals surface area contributed by atoms with Gasteiger partial charge in [-0.25, -0.2) is 9.37 Å². The van der Waals surface area contributed by atoms with E-state index in [-0.39, 0.29) is 5.82 Å². The molecule has 0 unspecified atom stereocenters. The Bertz CT molecular complexity index is 588. The lowest BCUT2D eigenvalue weighted by molar-refractivity contribution is 0.617. The molecule has 0 aliphatic heterocycles. The molecule has 0 N–H and O–H groups in total. The first-order valence-corrected chi connectivity index (χ1v) is 6.41. The molecular weight excluding hydrogens is 247 g/mol. The van der Waals surface area contributed by atoms with E-state index in [1.807, 2.05) is 25.1 Å². The van der Waals surface area contributed by atoms with E-state index in [2.05, 4.69) is 4.98 Å². The van der Waals surface area contributed by atoms with Gasteiger partial charge < -0.3 is 0 Å². The number of hydrogen-bond donors (Lipinski definition) is 0. The van der Waals surface area contributed by atoms with Gasteiger partial charge in [-0.15, -0.1) is 11.8 Å². The molecule has 1 aromatic heterocycles. The van der Waals surface area contributed by atoms with Crippen molar-refractivity contribution >= 4 is 11.8 Å². The number of thioether (sulfide) groups is 1. The third-order valence-electron chi connectivity index (χ3n) is 2.44. The minimum atomic E-state index is -0.339. The van der Waals surface area contributed by atoms with Crippen molar-refractivity contribution in [2.75, 3.05) is 0 Å². The molecule has 4 heteroatoms. The van der Waals surface area contributed by atoms with Crippen LogP contribution in [0.5, 0.6) is 0 Å². The van der Waals surface area contributed by atoms with E-state index in [4.69, 9.17) is 5.26 Å². The van der Waals surface area contributed by atoms with E-state index in [0.29, 0.717) is 16.9 Å². The van der Waals surface area contributed by atoms with Gasteiger partial charge >= 0.3 is 0 Å². The maximum absolute atomic E-state index is 13.6. The Kier molecular flexibility index (Phi) is 3.96. The zero-order valence-corrected chi connectivity index (χ0v) is 10.7. The topological polar surface area (TPSA) is 36.7 Å². The molecule has 0 radical (unpaired) electrons. The summed E-state index contributed by atoms with van der Waals surface area (Å²) in [5, 5.41) is 9.52. The molecule has 0 spiro atoms. The van der Waals surface area contributed by atoms with E-state index in [0.717, 1.165) is 10.6 Å². The molecule has 1 heterocycles. The minimum absolute atomic E-state index is 0.339. The lowest BCUT2D eigenvalue weighted by atomic mass is 10.1. The zero-order chi connectivity index (χ0) is 13.0. The molecule has 0 fully saturated rings. The highest BCUT2D eigenvalue weighted by Crippen LogP contribution is 2.22. The third-order valence-corrected chi connectivity index (χ3v) is 3.43. The molecule has 2 aromatic rings. The van der Waals surface area contributed by atoms with E-state index in [9.17, 15) is 4.39 Å². The maximum Gasteiger partial charge on any atom is 0.128 e. The predicted molar refractivity (Wildman–Crippen MR) is 69.7 cm³/mol. The van der Waals surface area contributed by atoms with Crippen molar-refractivity contribution in [3.63, 3.8) is 0 Å². The van der Waals surface area contributed by atoms with Crippen LogP contribution in [0.1, 0.15) is 16.7 Å². The number of hydrogen-bond acceptors (Lipinski definition) is 3. The Balaban J connectivity index is 2.06. The summed E-state index contributed by atoms with van der Waals surface area (Å²) in [4.78, 5) is 4.24. The fourth-order valence-electron chi connectivity index (χ4n) is 1.43. The number of nitrogens with zero attached hydrogens (tertiary/aromatic N) is 2. The van der Waals surface area contributed by atoms with Crippen LogP contribution in [0, 0.1) is 24.1 Å². The molecular formula is C14H11FN2S. The summed E-state index contributed by atoms with van der Waals surface area (Å²) in [6.07, 6.45) is 1.79. The first kappa shape index (κ1) is 12.6. The van der Waals surface area contributed by atoms with Gasteiger partial charge in [0.2, 0.25) is 0 Å². The van der Waals surface area contributed by atoms with Crippen LogP contribution in [-0.4, -0.2) is 4.98 Å². The van der Waals surface area contributed by atoms with Crippen LogP contribution in [0.3, 0.4) is 0 Å². The Morgan fingerprint density at radius 2 is 2.17 bits per heavy atom. The second-order valence-corrected chi connectivity index (χ2v) is 4.88. The van der Waals surface area contributed by atoms with Crippen LogP contribution in [-0.2, 0) is 5.75 Å². The highest BCUT2D eigenvalue weighted by Gasteiger charge is 2.04. The second kappa shape index (κ2) is 5.65. The number of rotatable bonds is 3. The van der Waals surface area contributed by atoms with Gasteiger partial charge in [0.15, 0.2) is 0 Å². The molecule has 2 rings (SSSR count). The predicted octanol–water partition coefficient (Wildman–Crippen LogP) is 3.69. The lowest BCUT2D eigenvalue weighted by Gasteiger charge is -2.03. The second-order valence-electron chi connectivity index (χ2n) is 3.88. The molecule has 1 aromatic carbocycles. The number of pyridine rings is 1. The molecule has 0 saturated heterocycles. The van der Waals surface area contributed by atoms with Gasteiger partial charge in [0.1, 0.15) is 5.82 Å². The van der Waals surface area contributed by atoms with Crippen LogP contribution in [0.25, 0.3) is 0 Å². The smallest absolute Gasteiger partial charge is 0.128 e. The van der Waals surface area contributed by atoms with Crippen LogP contribution < -0.4 is 0 Å². The number of halogens is 1. The minimum Gasteiger partial charge on any atom is -0.250 e. The van der Waals surface area contributed by atoms with Gasteiger partial charge in [-0.3, -0.25) is 0 Å². The van der Waals surface area contributed by atoms with Gasteiger partial charge in [-0.1, -0.05) is 12.1 Å². The van der Waals surface area contributed by atoms with Crippen LogP contribution in [0.15, 0.2) is 41.6 Å². The van der Waals surface area contributed by atoms with Crippen molar-refractivity contribution in [2.24, 2.45) is 0 Å². The average Bonchev–Trinajstić information content (AvgIpc) is 2.39. The third kappa shape index (κ3) is 3.08. The fourth-order valence-corrected chi connectivity index (χ4v) is 2.25.